The zero-order valence-corrected chi connectivity index (χ0v) is 14.6. The highest BCUT2D eigenvalue weighted by Crippen LogP contribution is 2.31. The van der Waals surface area contributed by atoms with Gasteiger partial charge < -0.3 is 5.32 Å². The zero-order chi connectivity index (χ0) is 16.0. The van der Waals surface area contributed by atoms with Gasteiger partial charge in [0.15, 0.2) is 0 Å². The average Bonchev–Trinajstić information content (AvgIpc) is 3.35. The Kier molecular flexibility index (Phi) is 3.86. The maximum absolute atomic E-state index is 5.06. The smallest absolute Gasteiger partial charge is 0.0714 e. The van der Waals surface area contributed by atoms with Crippen molar-refractivity contribution in [3.8, 4) is 0 Å². The van der Waals surface area contributed by atoms with Crippen molar-refractivity contribution in [2.45, 2.75) is 59.2 Å². The van der Waals surface area contributed by atoms with Crippen molar-refractivity contribution in [2.24, 2.45) is 0 Å². The molecule has 2 aliphatic rings. The van der Waals surface area contributed by atoms with Crippen molar-refractivity contribution in [3.05, 3.63) is 40.1 Å². The van der Waals surface area contributed by atoms with Gasteiger partial charge in [-0.1, -0.05) is 13.0 Å². The largest absolute Gasteiger partial charge is 0.310 e. The highest BCUT2D eigenvalue weighted by molar-refractivity contribution is 5.87. The molecule has 1 aromatic carbocycles. The molecule has 0 unspecified atom stereocenters. The SMILES string of the molecule is CCN1CCc2nc3cc(C)cc(C)c3c(CNC3CC3)c2C1. The summed E-state index contributed by atoms with van der Waals surface area (Å²) in [6.07, 6.45) is 3.76. The second-order valence-corrected chi connectivity index (χ2v) is 7.27. The summed E-state index contributed by atoms with van der Waals surface area (Å²) < 4.78 is 0. The van der Waals surface area contributed by atoms with Gasteiger partial charge in [0.25, 0.3) is 0 Å². The number of benzene rings is 1. The van der Waals surface area contributed by atoms with E-state index in [0.29, 0.717) is 0 Å². The standard InChI is InChI=1S/C20H27N3/c1-4-23-8-7-18-17(12-23)16(11-21-15-5-6-15)20-14(3)9-13(2)10-19(20)22-18/h9-10,15,21H,4-8,11-12H2,1-3H3. The average molecular weight is 309 g/mol. The van der Waals surface area contributed by atoms with E-state index in [4.69, 9.17) is 4.98 Å². The number of rotatable bonds is 4. The van der Waals surface area contributed by atoms with E-state index < -0.39 is 0 Å². The van der Waals surface area contributed by atoms with Crippen LogP contribution in [0.5, 0.6) is 0 Å². The van der Waals surface area contributed by atoms with E-state index in [2.05, 4.69) is 43.1 Å². The van der Waals surface area contributed by atoms with Crippen LogP contribution in [0.3, 0.4) is 0 Å². The second kappa shape index (κ2) is 5.88. The van der Waals surface area contributed by atoms with Crippen LogP contribution >= 0.6 is 0 Å². The summed E-state index contributed by atoms with van der Waals surface area (Å²) >= 11 is 0. The zero-order valence-electron chi connectivity index (χ0n) is 14.6. The lowest BCUT2D eigenvalue weighted by Gasteiger charge is -2.30. The first kappa shape index (κ1) is 15.1. The van der Waals surface area contributed by atoms with Gasteiger partial charge >= 0.3 is 0 Å². The van der Waals surface area contributed by atoms with E-state index in [-0.39, 0.29) is 0 Å². The van der Waals surface area contributed by atoms with Crippen LogP contribution in [0.25, 0.3) is 10.9 Å². The van der Waals surface area contributed by atoms with Gasteiger partial charge in [-0.15, -0.1) is 0 Å². The van der Waals surface area contributed by atoms with Crippen molar-refractivity contribution in [2.75, 3.05) is 13.1 Å². The molecule has 0 radical (unpaired) electrons. The van der Waals surface area contributed by atoms with Gasteiger partial charge in [-0.25, -0.2) is 0 Å². The number of hydrogen-bond donors (Lipinski definition) is 1. The lowest BCUT2D eigenvalue weighted by atomic mass is 9.92. The van der Waals surface area contributed by atoms with Crippen LogP contribution in [0.1, 0.15) is 47.7 Å². The number of nitrogens with one attached hydrogen (secondary N) is 1. The first-order chi connectivity index (χ1) is 11.2. The van der Waals surface area contributed by atoms with E-state index >= 15 is 0 Å². The third-order valence-electron chi connectivity index (χ3n) is 5.37. The van der Waals surface area contributed by atoms with Crippen LogP contribution in [0.4, 0.5) is 0 Å². The number of likely N-dealkylation sites (N-methyl/N-ethyl adjacent to an activating group) is 1. The number of nitrogens with zero attached hydrogens (tertiary/aromatic N) is 2. The monoisotopic (exact) mass is 309 g/mol. The van der Waals surface area contributed by atoms with Crippen LogP contribution in [-0.2, 0) is 19.5 Å². The third-order valence-corrected chi connectivity index (χ3v) is 5.37. The van der Waals surface area contributed by atoms with Crippen LogP contribution in [0, 0.1) is 13.8 Å². The van der Waals surface area contributed by atoms with E-state index in [9.17, 15) is 0 Å². The Hall–Kier alpha value is -1.45. The lowest BCUT2D eigenvalue weighted by molar-refractivity contribution is 0.265. The Morgan fingerprint density at radius 1 is 1.26 bits per heavy atom. The summed E-state index contributed by atoms with van der Waals surface area (Å²) in [6.45, 7) is 11.0. The molecule has 1 fully saturated rings. The predicted molar refractivity (Wildman–Crippen MR) is 95.7 cm³/mol. The molecule has 0 amide bonds. The van der Waals surface area contributed by atoms with E-state index in [1.54, 1.807) is 0 Å². The van der Waals surface area contributed by atoms with Gasteiger partial charge in [-0.2, -0.15) is 0 Å². The quantitative estimate of drug-likeness (QED) is 0.937. The number of pyridine rings is 1. The lowest BCUT2D eigenvalue weighted by Crippen LogP contribution is -2.32. The van der Waals surface area contributed by atoms with Gasteiger partial charge in [-0.3, -0.25) is 9.88 Å². The molecule has 1 saturated carbocycles. The topological polar surface area (TPSA) is 28.2 Å². The second-order valence-electron chi connectivity index (χ2n) is 7.27. The molecule has 23 heavy (non-hydrogen) atoms. The molecule has 1 aromatic heterocycles. The first-order valence-electron chi connectivity index (χ1n) is 9.03. The fraction of sp³-hybridized carbons (Fsp3) is 0.550. The Morgan fingerprint density at radius 3 is 2.83 bits per heavy atom. The molecule has 4 rings (SSSR count). The third kappa shape index (κ3) is 2.88. The van der Waals surface area contributed by atoms with Gasteiger partial charge in [0.1, 0.15) is 0 Å². The van der Waals surface area contributed by atoms with E-state index in [1.807, 2.05) is 0 Å². The molecule has 1 N–H and O–H groups in total. The Labute approximate surface area is 139 Å². The maximum atomic E-state index is 5.06. The molecule has 122 valence electrons. The normalized spacial score (nSPS) is 18.4. The summed E-state index contributed by atoms with van der Waals surface area (Å²) in [5.41, 5.74) is 8.21. The summed E-state index contributed by atoms with van der Waals surface area (Å²) in [5.74, 6) is 0. The number of fused-ring (bicyclic) bond motifs is 2. The van der Waals surface area contributed by atoms with Gasteiger partial charge in [0.05, 0.1) is 5.52 Å². The van der Waals surface area contributed by atoms with Crippen molar-refractivity contribution in [3.63, 3.8) is 0 Å². The van der Waals surface area contributed by atoms with Gasteiger partial charge in [-0.05, 0) is 61.6 Å². The number of hydrogen-bond acceptors (Lipinski definition) is 3. The van der Waals surface area contributed by atoms with Gasteiger partial charge in [0, 0.05) is 43.2 Å². The van der Waals surface area contributed by atoms with Crippen molar-refractivity contribution < 1.29 is 0 Å². The summed E-state index contributed by atoms with van der Waals surface area (Å²) in [4.78, 5) is 7.60. The van der Waals surface area contributed by atoms with Crippen molar-refractivity contribution >= 4 is 10.9 Å². The van der Waals surface area contributed by atoms with Crippen molar-refractivity contribution in [1.29, 1.82) is 0 Å². The number of aryl methyl sites for hydroxylation is 2. The highest BCUT2D eigenvalue weighted by Gasteiger charge is 2.25. The summed E-state index contributed by atoms with van der Waals surface area (Å²) in [5, 5.41) is 5.13. The minimum atomic E-state index is 0.741. The van der Waals surface area contributed by atoms with Crippen LogP contribution in [0.15, 0.2) is 12.1 Å². The summed E-state index contributed by atoms with van der Waals surface area (Å²) in [6, 6.07) is 5.30. The van der Waals surface area contributed by atoms with Crippen LogP contribution < -0.4 is 5.32 Å². The van der Waals surface area contributed by atoms with Gasteiger partial charge in [0.2, 0.25) is 0 Å². The molecule has 3 nitrogen and oxygen atoms in total. The molecule has 0 atom stereocenters. The van der Waals surface area contributed by atoms with Crippen molar-refractivity contribution in [1.82, 2.24) is 15.2 Å². The molecule has 0 bridgehead atoms. The molecule has 2 heterocycles. The van der Waals surface area contributed by atoms with E-state index in [0.717, 1.165) is 38.6 Å². The molecule has 0 spiro atoms. The summed E-state index contributed by atoms with van der Waals surface area (Å²) in [7, 11) is 0. The highest BCUT2D eigenvalue weighted by atomic mass is 15.1. The maximum Gasteiger partial charge on any atom is 0.0714 e. The fourth-order valence-electron chi connectivity index (χ4n) is 3.92. The molecule has 2 aromatic rings. The molecular formula is C20H27N3. The molecule has 1 aliphatic heterocycles. The minimum absolute atomic E-state index is 0.741. The van der Waals surface area contributed by atoms with Crippen LogP contribution in [-0.4, -0.2) is 29.0 Å². The Morgan fingerprint density at radius 2 is 2.09 bits per heavy atom. The fourth-order valence-corrected chi connectivity index (χ4v) is 3.92. The predicted octanol–water partition coefficient (Wildman–Crippen LogP) is 3.48. The Balaban J connectivity index is 1.87. The van der Waals surface area contributed by atoms with Crippen LogP contribution in [0.2, 0.25) is 0 Å². The van der Waals surface area contributed by atoms with E-state index in [1.165, 1.54) is 51.7 Å². The first-order valence-corrected chi connectivity index (χ1v) is 9.03. The minimum Gasteiger partial charge on any atom is -0.310 e. The molecular weight excluding hydrogens is 282 g/mol. The molecule has 3 heteroatoms. The number of aromatic nitrogens is 1. The molecule has 1 aliphatic carbocycles. The molecule has 0 saturated heterocycles. The Bertz CT molecular complexity index is 746.